The van der Waals surface area contributed by atoms with Crippen LogP contribution >= 0.6 is 11.3 Å². The highest BCUT2D eigenvalue weighted by Gasteiger charge is 2.15. The number of hydrogen-bond acceptors (Lipinski definition) is 4. The highest BCUT2D eigenvalue weighted by Crippen LogP contribution is 2.32. The summed E-state index contributed by atoms with van der Waals surface area (Å²) >= 11 is 1.31. The van der Waals surface area contributed by atoms with E-state index in [1.165, 1.54) is 23.5 Å². The topological polar surface area (TPSA) is 63.2 Å². The van der Waals surface area contributed by atoms with Gasteiger partial charge in [0.1, 0.15) is 5.82 Å². The van der Waals surface area contributed by atoms with Crippen LogP contribution in [0.15, 0.2) is 30.3 Å². The van der Waals surface area contributed by atoms with Crippen LogP contribution in [0.1, 0.15) is 22.2 Å². The lowest BCUT2D eigenvalue weighted by atomic mass is 10.1. The van der Waals surface area contributed by atoms with E-state index in [4.69, 9.17) is 0 Å². The number of rotatable bonds is 6. The molecule has 23 heavy (non-hydrogen) atoms. The maximum Gasteiger partial charge on any atom is 0.261 e. The van der Waals surface area contributed by atoms with E-state index in [1.54, 1.807) is 25.1 Å². The number of carbonyl (C=O) groups excluding carboxylic acids is 1. The summed E-state index contributed by atoms with van der Waals surface area (Å²) in [6.45, 7) is 3.56. The first-order chi connectivity index (χ1) is 10.8. The van der Waals surface area contributed by atoms with Gasteiger partial charge in [-0.1, -0.05) is 19.1 Å². The SMILES string of the molecule is CCS(=O)(=O)CCNC(=O)c1cc(C)c(-c2ccc(F)cc2)s1. The van der Waals surface area contributed by atoms with Crippen molar-refractivity contribution in [2.45, 2.75) is 13.8 Å². The summed E-state index contributed by atoms with van der Waals surface area (Å²) in [6, 6.07) is 7.86. The van der Waals surface area contributed by atoms with Gasteiger partial charge in [0.05, 0.1) is 10.6 Å². The average Bonchev–Trinajstić information content (AvgIpc) is 2.90. The van der Waals surface area contributed by atoms with Crippen LogP contribution in [0.2, 0.25) is 0 Å². The molecule has 0 unspecified atom stereocenters. The second kappa shape index (κ2) is 7.23. The van der Waals surface area contributed by atoms with E-state index < -0.39 is 9.84 Å². The lowest BCUT2D eigenvalue weighted by Crippen LogP contribution is -2.29. The fourth-order valence-corrected chi connectivity index (χ4v) is 3.83. The second-order valence-electron chi connectivity index (χ2n) is 5.12. The second-order valence-corrected chi connectivity index (χ2v) is 8.65. The molecule has 1 aromatic carbocycles. The summed E-state index contributed by atoms with van der Waals surface area (Å²) in [5.74, 6) is -0.601. The summed E-state index contributed by atoms with van der Waals surface area (Å²) in [7, 11) is -3.09. The molecule has 1 amide bonds. The van der Waals surface area contributed by atoms with Gasteiger partial charge in [-0.25, -0.2) is 12.8 Å². The van der Waals surface area contributed by atoms with Gasteiger partial charge in [0.25, 0.3) is 5.91 Å². The Hall–Kier alpha value is -1.73. The molecule has 124 valence electrons. The molecule has 1 N–H and O–H groups in total. The third-order valence-electron chi connectivity index (χ3n) is 3.39. The van der Waals surface area contributed by atoms with Crippen LogP contribution in [0, 0.1) is 12.7 Å². The van der Waals surface area contributed by atoms with Crippen LogP contribution in [0.4, 0.5) is 4.39 Å². The molecule has 0 spiro atoms. The first-order valence-electron chi connectivity index (χ1n) is 7.17. The number of hydrogen-bond donors (Lipinski definition) is 1. The molecule has 0 atom stereocenters. The van der Waals surface area contributed by atoms with Crippen molar-refractivity contribution in [1.82, 2.24) is 5.32 Å². The van der Waals surface area contributed by atoms with E-state index in [9.17, 15) is 17.6 Å². The van der Waals surface area contributed by atoms with E-state index in [-0.39, 0.29) is 29.8 Å². The molecule has 1 aromatic heterocycles. The number of halogens is 1. The summed E-state index contributed by atoms with van der Waals surface area (Å²) in [6.07, 6.45) is 0. The van der Waals surface area contributed by atoms with Gasteiger partial charge in [-0.3, -0.25) is 4.79 Å². The molecule has 0 saturated carbocycles. The Morgan fingerprint density at radius 3 is 2.52 bits per heavy atom. The Morgan fingerprint density at radius 1 is 1.26 bits per heavy atom. The van der Waals surface area contributed by atoms with Crippen molar-refractivity contribution >= 4 is 27.1 Å². The normalized spacial score (nSPS) is 11.4. The van der Waals surface area contributed by atoms with Crippen LogP contribution in [-0.4, -0.2) is 32.4 Å². The van der Waals surface area contributed by atoms with Crippen LogP contribution in [0.5, 0.6) is 0 Å². The number of benzene rings is 1. The van der Waals surface area contributed by atoms with E-state index >= 15 is 0 Å². The van der Waals surface area contributed by atoms with E-state index in [2.05, 4.69) is 5.32 Å². The fourth-order valence-electron chi connectivity index (χ4n) is 2.03. The Balaban J connectivity index is 2.08. The van der Waals surface area contributed by atoms with Crippen molar-refractivity contribution in [3.8, 4) is 10.4 Å². The summed E-state index contributed by atoms with van der Waals surface area (Å²) in [4.78, 5) is 13.5. The molecule has 0 radical (unpaired) electrons. The van der Waals surface area contributed by atoms with E-state index in [1.807, 2.05) is 6.92 Å². The zero-order chi connectivity index (χ0) is 17.0. The first-order valence-corrected chi connectivity index (χ1v) is 9.81. The molecule has 0 saturated heterocycles. The standard InChI is InChI=1S/C16H18FNO3S2/c1-3-23(20,21)9-8-18-16(19)14-10-11(2)15(22-14)12-4-6-13(17)7-5-12/h4-7,10H,3,8-9H2,1-2H3,(H,18,19). The monoisotopic (exact) mass is 355 g/mol. The number of nitrogens with one attached hydrogen (secondary N) is 1. The van der Waals surface area contributed by atoms with Gasteiger partial charge in [0.2, 0.25) is 0 Å². The molecule has 1 heterocycles. The molecular weight excluding hydrogens is 337 g/mol. The minimum absolute atomic E-state index is 0.0651. The molecule has 7 heteroatoms. The average molecular weight is 355 g/mol. The van der Waals surface area contributed by atoms with Crippen molar-refractivity contribution in [1.29, 1.82) is 0 Å². The Bertz CT molecular complexity index is 795. The lowest BCUT2D eigenvalue weighted by Gasteiger charge is -2.03. The number of aryl methyl sites for hydroxylation is 1. The lowest BCUT2D eigenvalue weighted by molar-refractivity contribution is 0.0960. The van der Waals surface area contributed by atoms with Crippen molar-refractivity contribution < 1.29 is 17.6 Å². The zero-order valence-electron chi connectivity index (χ0n) is 12.9. The van der Waals surface area contributed by atoms with Crippen LogP contribution < -0.4 is 5.32 Å². The van der Waals surface area contributed by atoms with Crippen molar-refractivity contribution in [2.75, 3.05) is 18.1 Å². The zero-order valence-corrected chi connectivity index (χ0v) is 14.6. The summed E-state index contributed by atoms with van der Waals surface area (Å²) in [5, 5.41) is 2.62. The molecule has 2 aromatic rings. The van der Waals surface area contributed by atoms with Gasteiger partial charge < -0.3 is 5.32 Å². The van der Waals surface area contributed by atoms with Gasteiger partial charge in [0.15, 0.2) is 9.84 Å². The molecule has 0 aliphatic carbocycles. The third-order valence-corrected chi connectivity index (χ3v) is 6.38. The third kappa shape index (κ3) is 4.62. The molecular formula is C16H18FNO3S2. The summed E-state index contributed by atoms with van der Waals surface area (Å²) < 4.78 is 35.8. The van der Waals surface area contributed by atoms with Crippen molar-refractivity contribution in [2.24, 2.45) is 0 Å². The van der Waals surface area contributed by atoms with Crippen LogP contribution in [0.25, 0.3) is 10.4 Å². The molecule has 2 rings (SSSR count). The van der Waals surface area contributed by atoms with Gasteiger partial charge in [-0.05, 0) is 36.2 Å². The maximum atomic E-state index is 13.0. The van der Waals surface area contributed by atoms with Crippen molar-refractivity contribution in [3.05, 3.63) is 46.6 Å². The van der Waals surface area contributed by atoms with Gasteiger partial charge >= 0.3 is 0 Å². The largest absolute Gasteiger partial charge is 0.350 e. The Kier molecular flexibility index (Phi) is 5.54. The van der Waals surface area contributed by atoms with Gasteiger partial charge in [0, 0.05) is 17.2 Å². The van der Waals surface area contributed by atoms with E-state index in [0.29, 0.717) is 4.88 Å². The first kappa shape index (κ1) is 17.6. The number of amides is 1. The van der Waals surface area contributed by atoms with Crippen LogP contribution in [-0.2, 0) is 9.84 Å². The predicted octanol–water partition coefficient (Wildman–Crippen LogP) is 3.03. The minimum atomic E-state index is -3.09. The quantitative estimate of drug-likeness (QED) is 0.866. The number of carbonyl (C=O) groups is 1. The summed E-state index contributed by atoms with van der Waals surface area (Å²) in [5.41, 5.74) is 1.77. The number of sulfone groups is 1. The smallest absolute Gasteiger partial charge is 0.261 e. The Labute approximate surface area is 139 Å². The Morgan fingerprint density at radius 2 is 1.91 bits per heavy atom. The van der Waals surface area contributed by atoms with Gasteiger partial charge in [-0.2, -0.15) is 0 Å². The van der Waals surface area contributed by atoms with Crippen LogP contribution in [0.3, 0.4) is 0 Å². The molecule has 0 aliphatic rings. The van der Waals surface area contributed by atoms with Gasteiger partial charge in [-0.15, -0.1) is 11.3 Å². The minimum Gasteiger partial charge on any atom is -0.350 e. The predicted molar refractivity (Wildman–Crippen MR) is 91.1 cm³/mol. The molecule has 0 bridgehead atoms. The highest BCUT2D eigenvalue weighted by molar-refractivity contribution is 7.91. The number of thiophene rings is 1. The molecule has 0 fully saturated rings. The molecule has 4 nitrogen and oxygen atoms in total. The maximum absolute atomic E-state index is 13.0. The van der Waals surface area contributed by atoms with Crippen molar-refractivity contribution in [3.63, 3.8) is 0 Å². The fraction of sp³-hybridized carbons (Fsp3) is 0.312. The molecule has 0 aliphatic heterocycles. The van der Waals surface area contributed by atoms with E-state index in [0.717, 1.165) is 16.0 Å². The highest BCUT2D eigenvalue weighted by atomic mass is 32.2.